The quantitative estimate of drug-likeness (QED) is 0.756. The molecule has 0 radical (unpaired) electrons. The maximum absolute atomic E-state index is 12.7. The number of ether oxygens (including phenoxy) is 2. The second kappa shape index (κ2) is 7.49. The van der Waals surface area contributed by atoms with Crippen molar-refractivity contribution in [3.05, 3.63) is 66.4 Å². The molecule has 2 aromatic rings. The molecule has 0 saturated carbocycles. The van der Waals surface area contributed by atoms with Crippen molar-refractivity contribution in [1.29, 1.82) is 0 Å². The van der Waals surface area contributed by atoms with Crippen LogP contribution in [0.3, 0.4) is 0 Å². The van der Waals surface area contributed by atoms with Gasteiger partial charge in [-0.15, -0.1) is 0 Å². The van der Waals surface area contributed by atoms with Gasteiger partial charge in [0.2, 0.25) is 0 Å². The predicted molar refractivity (Wildman–Crippen MR) is 91.5 cm³/mol. The summed E-state index contributed by atoms with van der Waals surface area (Å²) in [7, 11) is 1.60. The molecule has 2 aromatic carbocycles. The average Bonchev–Trinajstić information content (AvgIpc) is 2.60. The Hall–Kier alpha value is -2.03. The molecule has 1 aliphatic carbocycles. The Bertz CT molecular complexity index is 710. The van der Waals surface area contributed by atoms with Gasteiger partial charge in [-0.05, 0) is 0 Å². The first-order valence-corrected chi connectivity index (χ1v) is 9.39. The third kappa shape index (κ3) is 3.84. The van der Waals surface area contributed by atoms with Crippen LogP contribution in [0.15, 0.2) is 66.4 Å². The number of methoxy groups -OCH3 is 1. The number of hydrogen-bond donors (Lipinski definition) is 0. The minimum atomic E-state index is 0.0413. The summed E-state index contributed by atoms with van der Waals surface area (Å²) >= 11 is 0.127. The van der Waals surface area contributed by atoms with Gasteiger partial charge in [-0.1, -0.05) is 0 Å². The molecule has 0 aromatic heterocycles. The molecule has 0 fully saturated rings. The summed E-state index contributed by atoms with van der Waals surface area (Å²) in [4.78, 5) is 12.8. The zero-order valence-corrected chi connectivity index (χ0v) is 14.6. The predicted octanol–water partition coefficient (Wildman–Crippen LogP) is 3.14. The van der Waals surface area contributed by atoms with Crippen LogP contribution in [0.1, 0.15) is 12.8 Å². The number of rotatable bonds is 5. The Balaban J connectivity index is 1.73. The molecule has 1 aliphatic rings. The van der Waals surface area contributed by atoms with Gasteiger partial charge in [0.05, 0.1) is 0 Å². The number of benzene rings is 2. The maximum atomic E-state index is 12.7. The first-order valence-electron chi connectivity index (χ1n) is 7.55. The van der Waals surface area contributed by atoms with Crippen LogP contribution in [-0.4, -0.2) is 27.8 Å². The van der Waals surface area contributed by atoms with Crippen LogP contribution < -0.4 is 13.9 Å². The van der Waals surface area contributed by atoms with Crippen molar-refractivity contribution < 1.29 is 14.3 Å². The van der Waals surface area contributed by atoms with Crippen molar-refractivity contribution in [3.63, 3.8) is 0 Å². The zero-order valence-electron chi connectivity index (χ0n) is 12.9. The van der Waals surface area contributed by atoms with Gasteiger partial charge in [0.1, 0.15) is 0 Å². The third-order valence-electron chi connectivity index (χ3n) is 3.60. The van der Waals surface area contributed by atoms with E-state index in [4.69, 9.17) is 9.47 Å². The van der Waals surface area contributed by atoms with Gasteiger partial charge < -0.3 is 0 Å². The first kappa shape index (κ1) is 15.8. The van der Waals surface area contributed by atoms with Gasteiger partial charge >= 0.3 is 142 Å². The zero-order chi connectivity index (χ0) is 16.1. The van der Waals surface area contributed by atoms with Crippen LogP contribution >= 0.6 is 0 Å². The van der Waals surface area contributed by atoms with Gasteiger partial charge in [-0.2, -0.15) is 0 Å². The summed E-state index contributed by atoms with van der Waals surface area (Å²) in [6.45, 7) is 0. The number of hydrogen-bond acceptors (Lipinski definition) is 3. The Labute approximate surface area is 142 Å². The summed E-state index contributed by atoms with van der Waals surface area (Å²) < 4.78 is 12.4. The number of carbonyl (C=O) groups excluding carboxylic acids is 1. The molecule has 3 nitrogen and oxygen atoms in total. The van der Waals surface area contributed by atoms with Crippen molar-refractivity contribution in [2.24, 2.45) is 0 Å². The van der Waals surface area contributed by atoms with Crippen molar-refractivity contribution in [1.82, 2.24) is 0 Å². The van der Waals surface area contributed by atoms with E-state index in [-0.39, 0.29) is 25.6 Å². The number of para-hydroxylation sites is 2. The topological polar surface area (TPSA) is 35.5 Å². The summed E-state index contributed by atoms with van der Waals surface area (Å²) in [5.41, 5.74) is 0. The number of carbonyl (C=O) groups is 1. The van der Waals surface area contributed by atoms with Crippen LogP contribution in [0.2, 0.25) is 4.82 Å². The van der Waals surface area contributed by atoms with Crippen LogP contribution in [0.5, 0.6) is 11.5 Å². The van der Waals surface area contributed by atoms with Crippen LogP contribution in [-0.2, 0) is 4.79 Å². The van der Waals surface area contributed by atoms with Crippen molar-refractivity contribution in [2.45, 2.75) is 17.7 Å². The molecular weight excluding hydrogens is 355 g/mol. The summed E-state index contributed by atoms with van der Waals surface area (Å²) in [5.74, 6) is 1.77. The normalized spacial score (nSPS) is 17.5. The summed E-state index contributed by atoms with van der Waals surface area (Å²) in [5, 5.41) is 0. The summed E-state index contributed by atoms with van der Waals surface area (Å²) in [6, 6.07) is 17.6. The molecule has 1 unspecified atom stereocenters. The molecule has 0 bridgehead atoms. The molecule has 4 heteroatoms. The van der Waals surface area contributed by atoms with E-state index in [0.29, 0.717) is 17.3 Å². The molecule has 0 spiro atoms. The van der Waals surface area contributed by atoms with E-state index in [1.807, 2.05) is 48.5 Å². The van der Waals surface area contributed by atoms with Gasteiger partial charge in [-0.25, -0.2) is 0 Å². The SMILES string of the molecule is COc1ccccc1OC1=CCCC([Se]c2ccccc2)C1=O. The summed E-state index contributed by atoms with van der Waals surface area (Å²) in [6.07, 6.45) is 3.66. The molecular formula is C19H18O3Se. The van der Waals surface area contributed by atoms with E-state index >= 15 is 0 Å². The number of ketones is 1. The Morgan fingerprint density at radius 3 is 2.43 bits per heavy atom. The fraction of sp³-hybridized carbons (Fsp3) is 0.211. The Morgan fingerprint density at radius 2 is 1.70 bits per heavy atom. The molecule has 1 atom stereocenters. The molecule has 0 heterocycles. The Morgan fingerprint density at radius 1 is 1.00 bits per heavy atom. The standard InChI is InChI=1S/C19H18O3Se/c1-21-15-10-5-6-11-16(15)22-17-12-7-13-18(19(17)20)23-14-8-3-2-4-9-14/h2-6,8-12,18H,7,13H2,1H3. The molecule has 118 valence electrons. The molecule has 0 amide bonds. The van der Waals surface area contributed by atoms with E-state index in [2.05, 4.69) is 12.1 Å². The molecule has 3 rings (SSSR count). The van der Waals surface area contributed by atoms with Crippen molar-refractivity contribution in [2.75, 3.05) is 7.11 Å². The monoisotopic (exact) mass is 374 g/mol. The first-order chi connectivity index (χ1) is 11.3. The second-order valence-electron chi connectivity index (χ2n) is 5.18. The van der Waals surface area contributed by atoms with Crippen molar-refractivity contribution in [3.8, 4) is 11.5 Å². The minimum absolute atomic E-state index is 0.0413. The fourth-order valence-electron chi connectivity index (χ4n) is 2.45. The van der Waals surface area contributed by atoms with Crippen LogP contribution in [0.4, 0.5) is 0 Å². The second-order valence-corrected chi connectivity index (χ2v) is 7.86. The van der Waals surface area contributed by atoms with Crippen LogP contribution in [0.25, 0.3) is 0 Å². The van der Waals surface area contributed by atoms with E-state index in [0.717, 1.165) is 12.8 Å². The number of Topliss-reactive ketones (excluding diaryl/α,β-unsaturated/α-hetero) is 1. The molecule has 0 N–H and O–H groups in total. The van der Waals surface area contributed by atoms with Crippen LogP contribution in [0, 0.1) is 0 Å². The van der Waals surface area contributed by atoms with E-state index in [1.165, 1.54) is 4.46 Å². The molecule has 0 saturated heterocycles. The molecule has 23 heavy (non-hydrogen) atoms. The van der Waals surface area contributed by atoms with Gasteiger partial charge in [0.15, 0.2) is 0 Å². The van der Waals surface area contributed by atoms with E-state index in [9.17, 15) is 4.79 Å². The molecule has 0 aliphatic heterocycles. The average molecular weight is 373 g/mol. The third-order valence-corrected chi connectivity index (χ3v) is 6.29. The van der Waals surface area contributed by atoms with Gasteiger partial charge in [-0.3, -0.25) is 0 Å². The van der Waals surface area contributed by atoms with Crippen molar-refractivity contribution >= 4 is 25.2 Å². The number of allylic oxidation sites excluding steroid dienone is 2. The Kier molecular flexibility index (Phi) is 5.16. The van der Waals surface area contributed by atoms with E-state index in [1.54, 1.807) is 7.11 Å². The van der Waals surface area contributed by atoms with Gasteiger partial charge in [0.25, 0.3) is 0 Å². The van der Waals surface area contributed by atoms with Gasteiger partial charge in [0, 0.05) is 0 Å². The van der Waals surface area contributed by atoms with E-state index < -0.39 is 0 Å². The fourth-order valence-corrected chi connectivity index (χ4v) is 4.80.